The molecule has 2 aromatic carbocycles. The quantitative estimate of drug-likeness (QED) is 0.814. The standard InChI is InChI=1S/C22H28N2O3/c1-25-20-5-3-18(4-6-20)21(24-9-12-26-13-10-24)16-23-15-17-2-7-22-19(14-17)8-11-27-22/h2-7,14,21,23H,8-13,15-16H2,1H3. The average molecular weight is 368 g/mol. The third kappa shape index (κ3) is 4.43. The Morgan fingerprint density at radius 2 is 1.89 bits per heavy atom. The van der Waals surface area contributed by atoms with E-state index in [1.807, 2.05) is 12.1 Å². The number of benzene rings is 2. The highest BCUT2D eigenvalue weighted by molar-refractivity contribution is 5.39. The molecule has 144 valence electrons. The van der Waals surface area contributed by atoms with Gasteiger partial charge in [-0.15, -0.1) is 0 Å². The van der Waals surface area contributed by atoms with Crippen molar-refractivity contribution in [3.05, 3.63) is 59.2 Å². The molecular formula is C22H28N2O3. The van der Waals surface area contributed by atoms with Crippen molar-refractivity contribution in [1.82, 2.24) is 10.2 Å². The van der Waals surface area contributed by atoms with E-state index in [9.17, 15) is 0 Å². The number of ether oxygens (including phenoxy) is 3. The smallest absolute Gasteiger partial charge is 0.122 e. The molecule has 2 heterocycles. The number of nitrogens with one attached hydrogen (secondary N) is 1. The van der Waals surface area contributed by atoms with Crippen molar-refractivity contribution in [3.8, 4) is 11.5 Å². The van der Waals surface area contributed by atoms with E-state index in [0.29, 0.717) is 6.04 Å². The second kappa shape index (κ2) is 8.74. The van der Waals surface area contributed by atoms with Crippen molar-refractivity contribution >= 4 is 0 Å². The Hall–Kier alpha value is -2.08. The Labute approximate surface area is 161 Å². The van der Waals surface area contributed by atoms with Gasteiger partial charge in [-0.3, -0.25) is 4.90 Å². The molecule has 1 N–H and O–H groups in total. The van der Waals surface area contributed by atoms with Crippen molar-refractivity contribution < 1.29 is 14.2 Å². The molecule has 1 atom stereocenters. The lowest BCUT2D eigenvalue weighted by Crippen LogP contribution is -2.42. The number of rotatable bonds is 7. The first-order valence-electron chi connectivity index (χ1n) is 9.74. The summed E-state index contributed by atoms with van der Waals surface area (Å²) >= 11 is 0. The lowest BCUT2D eigenvalue weighted by atomic mass is 10.0. The summed E-state index contributed by atoms with van der Waals surface area (Å²) in [5, 5.41) is 3.66. The van der Waals surface area contributed by atoms with Crippen LogP contribution in [0.4, 0.5) is 0 Å². The summed E-state index contributed by atoms with van der Waals surface area (Å²) in [4.78, 5) is 2.51. The molecule has 0 radical (unpaired) electrons. The van der Waals surface area contributed by atoms with Crippen LogP contribution in [0.15, 0.2) is 42.5 Å². The van der Waals surface area contributed by atoms with Gasteiger partial charge in [-0.2, -0.15) is 0 Å². The fraction of sp³-hybridized carbons (Fsp3) is 0.455. The van der Waals surface area contributed by atoms with Crippen LogP contribution in [0.1, 0.15) is 22.7 Å². The number of methoxy groups -OCH3 is 1. The third-order valence-electron chi connectivity index (χ3n) is 5.41. The summed E-state index contributed by atoms with van der Waals surface area (Å²) in [6, 6.07) is 15.3. The Morgan fingerprint density at radius 1 is 1.07 bits per heavy atom. The fourth-order valence-corrected chi connectivity index (χ4v) is 3.88. The molecule has 1 saturated heterocycles. The van der Waals surface area contributed by atoms with Crippen molar-refractivity contribution in [2.75, 3.05) is 46.6 Å². The molecule has 1 unspecified atom stereocenters. The minimum atomic E-state index is 0.331. The highest BCUT2D eigenvalue weighted by Crippen LogP contribution is 2.26. The van der Waals surface area contributed by atoms with Crippen LogP contribution in [-0.4, -0.2) is 51.5 Å². The molecule has 0 spiro atoms. The summed E-state index contributed by atoms with van der Waals surface area (Å²) in [7, 11) is 1.71. The van der Waals surface area contributed by atoms with Crippen LogP contribution in [0.25, 0.3) is 0 Å². The SMILES string of the molecule is COc1ccc(C(CNCc2ccc3c(c2)CCO3)N2CCOCC2)cc1. The number of hydrogen-bond acceptors (Lipinski definition) is 5. The van der Waals surface area contributed by atoms with Gasteiger partial charge in [-0.1, -0.05) is 24.3 Å². The monoisotopic (exact) mass is 368 g/mol. The summed E-state index contributed by atoms with van der Waals surface area (Å²) in [6.45, 7) is 6.12. The molecule has 2 aliphatic rings. The Kier molecular flexibility index (Phi) is 5.92. The predicted molar refractivity (Wildman–Crippen MR) is 105 cm³/mol. The van der Waals surface area contributed by atoms with Crippen LogP contribution in [0.3, 0.4) is 0 Å². The Bertz CT molecular complexity index is 742. The largest absolute Gasteiger partial charge is 0.497 e. The molecule has 0 bridgehead atoms. The van der Waals surface area contributed by atoms with E-state index in [4.69, 9.17) is 14.2 Å². The Morgan fingerprint density at radius 3 is 2.67 bits per heavy atom. The van der Waals surface area contributed by atoms with Crippen LogP contribution in [0.2, 0.25) is 0 Å². The van der Waals surface area contributed by atoms with Gasteiger partial charge in [-0.05, 0) is 34.9 Å². The lowest BCUT2D eigenvalue weighted by Gasteiger charge is -2.35. The van der Waals surface area contributed by atoms with Crippen LogP contribution in [0, 0.1) is 0 Å². The van der Waals surface area contributed by atoms with Crippen LogP contribution < -0.4 is 14.8 Å². The topological polar surface area (TPSA) is 43.0 Å². The lowest BCUT2D eigenvalue weighted by molar-refractivity contribution is 0.0161. The minimum Gasteiger partial charge on any atom is -0.497 e. The van der Waals surface area contributed by atoms with Gasteiger partial charge in [0.2, 0.25) is 0 Å². The third-order valence-corrected chi connectivity index (χ3v) is 5.41. The molecular weight excluding hydrogens is 340 g/mol. The van der Waals surface area contributed by atoms with E-state index in [2.05, 4.69) is 40.5 Å². The molecule has 0 aromatic heterocycles. The molecule has 1 fully saturated rings. The van der Waals surface area contributed by atoms with Crippen molar-refractivity contribution in [2.45, 2.75) is 19.0 Å². The molecule has 2 aliphatic heterocycles. The van der Waals surface area contributed by atoms with Crippen molar-refractivity contribution in [2.24, 2.45) is 0 Å². The van der Waals surface area contributed by atoms with E-state index in [1.54, 1.807) is 7.11 Å². The van der Waals surface area contributed by atoms with Crippen LogP contribution in [-0.2, 0) is 17.7 Å². The summed E-state index contributed by atoms with van der Waals surface area (Å²) in [5.41, 5.74) is 3.96. The van der Waals surface area contributed by atoms with Crippen LogP contribution >= 0.6 is 0 Å². The maximum atomic E-state index is 5.60. The number of hydrogen-bond donors (Lipinski definition) is 1. The van der Waals surface area contributed by atoms with Gasteiger partial charge in [0.05, 0.1) is 26.9 Å². The highest BCUT2D eigenvalue weighted by atomic mass is 16.5. The van der Waals surface area contributed by atoms with Crippen molar-refractivity contribution in [3.63, 3.8) is 0 Å². The zero-order valence-electron chi connectivity index (χ0n) is 15.9. The minimum absolute atomic E-state index is 0.331. The maximum absolute atomic E-state index is 5.60. The molecule has 0 aliphatic carbocycles. The van der Waals surface area contributed by atoms with Gasteiger partial charge in [0, 0.05) is 38.6 Å². The summed E-state index contributed by atoms with van der Waals surface area (Å²) in [6.07, 6.45) is 1.02. The van der Waals surface area contributed by atoms with E-state index in [1.165, 1.54) is 16.7 Å². The normalized spacial score (nSPS) is 18.0. The van der Waals surface area contributed by atoms with E-state index < -0.39 is 0 Å². The zero-order chi connectivity index (χ0) is 18.5. The van der Waals surface area contributed by atoms with E-state index in [-0.39, 0.29) is 0 Å². The molecule has 2 aromatic rings. The van der Waals surface area contributed by atoms with Crippen molar-refractivity contribution in [1.29, 1.82) is 0 Å². The van der Waals surface area contributed by atoms with E-state index in [0.717, 1.165) is 63.9 Å². The highest BCUT2D eigenvalue weighted by Gasteiger charge is 2.22. The maximum Gasteiger partial charge on any atom is 0.122 e. The Balaban J connectivity index is 1.42. The number of fused-ring (bicyclic) bond motifs is 1. The molecule has 5 heteroatoms. The molecule has 5 nitrogen and oxygen atoms in total. The second-order valence-corrected chi connectivity index (χ2v) is 7.11. The average Bonchev–Trinajstić information content (AvgIpc) is 3.20. The first kappa shape index (κ1) is 18.3. The number of nitrogens with zero attached hydrogens (tertiary/aromatic N) is 1. The number of morpholine rings is 1. The fourth-order valence-electron chi connectivity index (χ4n) is 3.88. The van der Waals surface area contributed by atoms with Gasteiger partial charge in [0.1, 0.15) is 11.5 Å². The molecule has 4 rings (SSSR count). The van der Waals surface area contributed by atoms with Gasteiger partial charge >= 0.3 is 0 Å². The van der Waals surface area contributed by atoms with Gasteiger partial charge < -0.3 is 19.5 Å². The predicted octanol–water partition coefficient (Wildman–Crippen LogP) is 2.79. The summed E-state index contributed by atoms with van der Waals surface area (Å²) in [5.74, 6) is 1.94. The first-order valence-corrected chi connectivity index (χ1v) is 9.74. The van der Waals surface area contributed by atoms with Gasteiger partial charge in [0.25, 0.3) is 0 Å². The van der Waals surface area contributed by atoms with E-state index >= 15 is 0 Å². The second-order valence-electron chi connectivity index (χ2n) is 7.11. The molecule has 0 amide bonds. The molecule has 0 saturated carbocycles. The van der Waals surface area contributed by atoms with Crippen LogP contribution in [0.5, 0.6) is 11.5 Å². The van der Waals surface area contributed by atoms with Gasteiger partial charge in [0.15, 0.2) is 0 Å². The van der Waals surface area contributed by atoms with Gasteiger partial charge in [-0.25, -0.2) is 0 Å². The zero-order valence-corrected chi connectivity index (χ0v) is 15.9. The molecule has 27 heavy (non-hydrogen) atoms. The summed E-state index contributed by atoms with van der Waals surface area (Å²) < 4.78 is 16.5. The first-order chi connectivity index (χ1) is 13.3.